The van der Waals surface area contributed by atoms with E-state index in [-0.39, 0.29) is 24.5 Å². The Morgan fingerprint density at radius 2 is 1.73 bits per heavy atom. The van der Waals surface area contributed by atoms with E-state index in [9.17, 15) is 27.9 Å². The SMILES string of the molecule is O=C1C2=C3C[C@@H]([C@@H]2C(=O)N1C[C@@H]1CCCC[C@H]1CN1CCN(c2nsc4ccccc24)CC1)[C@@](O)(C(F)(F)F)C3. The average molecular weight is 575 g/mol. The molecule has 2 amide bonds. The topological polar surface area (TPSA) is 77.0 Å². The number of hydrogen-bond acceptors (Lipinski definition) is 7. The van der Waals surface area contributed by atoms with Gasteiger partial charge in [-0.25, -0.2) is 0 Å². The van der Waals surface area contributed by atoms with E-state index in [1.54, 1.807) is 0 Å². The van der Waals surface area contributed by atoms with Crippen LogP contribution in [0, 0.1) is 23.7 Å². The highest BCUT2D eigenvalue weighted by Crippen LogP contribution is 2.61. The molecule has 1 aromatic carbocycles. The third kappa shape index (κ3) is 4.02. The number of carbonyl (C=O) groups excluding carboxylic acids is 2. The number of rotatable bonds is 5. The van der Waals surface area contributed by atoms with Crippen LogP contribution in [0.5, 0.6) is 0 Å². The van der Waals surface area contributed by atoms with Crippen molar-refractivity contribution < 1.29 is 27.9 Å². The van der Waals surface area contributed by atoms with Crippen molar-refractivity contribution >= 4 is 39.3 Å². The minimum absolute atomic E-state index is 0.0178. The highest BCUT2D eigenvalue weighted by atomic mass is 32.1. The first kappa shape index (κ1) is 26.4. The number of piperazine rings is 1. The van der Waals surface area contributed by atoms with Gasteiger partial charge in [0.15, 0.2) is 5.60 Å². The van der Waals surface area contributed by atoms with Crippen LogP contribution in [0.4, 0.5) is 19.0 Å². The molecule has 2 bridgehead atoms. The van der Waals surface area contributed by atoms with Crippen molar-refractivity contribution in [3.63, 3.8) is 0 Å². The van der Waals surface area contributed by atoms with Crippen molar-refractivity contribution in [1.82, 2.24) is 14.2 Å². The fourth-order valence-corrected chi connectivity index (χ4v) is 8.83. The first-order valence-electron chi connectivity index (χ1n) is 14.3. The lowest BCUT2D eigenvalue weighted by molar-refractivity contribution is -0.275. The van der Waals surface area contributed by atoms with Gasteiger partial charge >= 0.3 is 6.18 Å². The summed E-state index contributed by atoms with van der Waals surface area (Å²) in [6.07, 6.45) is -1.38. The smallest absolute Gasteiger partial charge is 0.380 e. The van der Waals surface area contributed by atoms with Crippen LogP contribution in [-0.4, -0.2) is 82.1 Å². The van der Waals surface area contributed by atoms with E-state index in [1.807, 2.05) is 12.1 Å². The molecule has 7 rings (SSSR count). The summed E-state index contributed by atoms with van der Waals surface area (Å²) in [6.45, 7) is 4.74. The molecular formula is C29H33F3N4O3S. The normalized spacial score (nSPS) is 33.1. The second-order valence-corrected chi connectivity index (χ2v) is 13.1. The summed E-state index contributed by atoms with van der Waals surface area (Å²) >= 11 is 1.53. The maximum absolute atomic E-state index is 13.7. The van der Waals surface area contributed by atoms with E-state index in [4.69, 9.17) is 4.37 Å². The number of benzene rings is 1. The van der Waals surface area contributed by atoms with Crippen molar-refractivity contribution in [2.45, 2.75) is 50.3 Å². The zero-order valence-electron chi connectivity index (χ0n) is 22.2. The summed E-state index contributed by atoms with van der Waals surface area (Å²) < 4.78 is 47.0. The lowest BCUT2D eigenvalue weighted by atomic mass is 9.76. The van der Waals surface area contributed by atoms with Gasteiger partial charge in [0.1, 0.15) is 5.82 Å². The standard InChI is InChI=1S/C29H33F3N4O3S/c30-29(31,32)28(39)14-19-13-21(28)24-23(19)26(37)36(27(24)38)16-18-6-2-1-5-17(18)15-34-9-11-35(12-10-34)25-20-7-3-4-8-22(20)40-33-25/h3-4,7-8,17-18,21,24,39H,1-2,5-6,9-16H2/t17-,18-,21-,24-,28+/m0/s1. The van der Waals surface area contributed by atoms with E-state index in [0.29, 0.717) is 11.5 Å². The molecule has 5 atom stereocenters. The lowest BCUT2D eigenvalue weighted by Crippen LogP contribution is -2.52. The number of anilines is 1. The van der Waals surface area contributed by atoms with Crippen LogP contribution in [0.15, 0.2) is 35.4 Å². The quantitative estimate of drug-likeness (QED) is 0.539. The molecule has 2 aliphatic heterocycles. The van der Waals surface area contributed by atoms with Crippen molar-refractivity contribution in [2.24, 2.45) is 23.7 Å². The van der Waals surface area contributed by atoms with Gasteiger partial charge in [-0.2, -0.15) is 17.5 Å². The van der Waals surface area contributed by atoms with E-state index in [2.05, 4.69) is 21.9 Å². The summed E-state index contributed by atoms with van der Waals surface area (Å²) in [5.74, 6) is -1.91. The Balaban J connectivity index is 1.01. The Morgan fingerprint density at radius 3 is 2.45 bits per heavy atom. The third-order valence-electron chi connectivity index (χ3n) is 10.2. The van der Waals surface area contributed by atoms with E-state index < -0.39 is 41.8 Å². The minimum atomic E-state index is -4.83. The molecule has 0 radical (unpaired) electrons. The first-order valence-corrected chi connectivity index (χ1v) is 15.1. The largest absolute Gasteiger partial charge is 0.417 e. The molecule has 3 aliphatic carbocycles. The molecule has 1 aromatic heterocycles. The zero-order valence-corrected chi connectivity index (χ0v) is 23.0. The van der Waals surface area contributed by atoms with Crippen LogP contribution in [0.2, 0.25) is 0 Å². The Morgan fingerprint density at radius 1 is 1.02 bits per heavy atom. The average Bonchev–Trinajstić information content (AvgIpc) is 3.68. The summed E-state index contributed by atoms with van der Waals surface area (Å²) in [6, 6.07) is 8.29. The zero-order chi connectivity index (χ0) is 27.8. The van der Waals surface area contributed by atoms with Crippen LogP contribution in [0.25, 0.3) is 10.1 Å². The van der Waals surface area contributed by atoms with Gasteiger partial charge in [-0.1, -0.05) is 30.5 Å². The number of carbonyl (C=O) groups is 2. The van der Waals surface area contributed by atoms with Gasteiger partial charge in [0.25, 0.3) is 5.91 Å². The molecule has 0 spiro atoms. The summed E-state index contributed by atoms with van der Waals surface area (Å²) in [7, 11) is 0. The third-order valence-corrected chi connectivity index (χ3v) is 11.0. The van der Waals surface area contributed by atoms with Gasteiger partial charge in [0, 0.05) is 62.6 Å². The second kappa shape index (κ2) is 9.52. The van der Waals surface area contributed by atoms with Crippen LogP contribution >= 0.6 is 11.5 Å². The van der Waals surface area contributed by atoms with Crippen LogP contribution in [0.3, 0.4) is 0 Å². The molecule has 4 fully saturated rings. The molecule has 2 aromatic rings. The number of alkyl halides is 3. The molecule has 5 aliphatic rings. The molecule has 40 heavy (non-hydrogen) atoms. The maximum Gasteiger partial charge on any atom is 0.417 e. The van der Waals surface area contributed by atoms with Crippen molar-refractivity contribution in [2.75, 3.05) is 44.2 Å². The molecule has 1 N–H and O–H groups in total. The number of aliphatic hydroxyl groups is 1. The van der Waals surface area contributed by atoms with Gasteiger partial charge in [0.2, 0.25) is 5.91 Å². The van der Waals surface area contributed by atoms with E-state index >= 15 is 0 Å². The van der Waals surface area contributed by atoms with Gasteiger partial charge in [-0.15, -0.1) is 0 Å². The molecule has 0 unspecified atom stereocenters. The van der Waals surface area contributed by atoms with E-state index in [0.717, 1.165) is 64.2 Å². The Bertz CT molecular complexity index is 1380. The van der Waals surface area contributed by atoms with Crippen molar-refractivity contribution in [3.05, 3.63) is 35.4 Å². The maximum atomic E-state index is 13.7. The Hall–Kier alpha value is -2.50. The summed E-state index contributed by atoms with van der Waals surface area (Å²) in [5, 5.41) is 11.7. The summed E-state index contributed by atoms with van der Waals surface area (Å²) in [4.78, 5) is 32.7. The number of nitrogens with zero attached hydrogens (tertiary/aromatic N) is 4. The summed E-state index contributed by atoms with van der Waals surface area (Å²) in [5.41, 5.74) is -2.36. The first-order chi connectivity index (χ1) is 19.2. The van der Waals surface area contributed by atoms with Crippen LogP contribution in [0.1, 0.15) is 38.5 Å². The minimum Gasteiger partial charge on any atom is -0.380 e. The van der Waals surface area contributed by atoms with Crippen LogP contribution < -0.4 is 4.90 Å². The number of amides is 2. The molecular weight excluding hydrogens is 541 g/mol. The number of likely N-dealkylation sites (tertiary alicyclic amines) is 1. The highest BCUT2D eigenvalue weighted by molar-refractivity contribution is 7.13. The highest BCUT2D eigenvalue weighted by Gasteiger charge is 2.71. The van der Waals surface area contributed by atoms with E-state index in [1.165, 1.54) is 26.5 Å². The Kier molecular flexibility index (Phi) is 6.29. The van der Waals surface area contributed by atoms with Gasteiger partial charge < -0.3 is 10.0 Å². The number of hydrogen-bond donors (Lipinski definition) is 1. The molecule has 214 valence electrons. The predicted octanol–water partition coefficient (Wildman–Crippen LogP) is 4.22. The fraction of sp³-hybridized carbons (Fsp3) is 0.621. The van der Waals surface area contributed by atoms with Gasteiger partial charge in [0.05, 0.1) is 10.6 Å². The number of halogens is 3. The second-order valence-electron chi connectivity index (χ2n) is 12.3. The molecule has 3 heterocycles. The number of fused-ring (bicyclic) bond motifs is 5. The Labute approximate surface area is 234 Å². The molecule has 2 saturated heterocycles. The fourth-order valence-electron chi connectivity index (χ4n) is 8.03. The van der Waals surface area contributed by atoms with Crippen molar-refractivity contribution in [1.29, 1.82) is 0 Å². The predicted molar refractivity (Wildman–Crippen MR) is 145 cm³/mol. The number of aromatic nitrogens is 1. The molecule has 11 heteroatoms. The lowest BCUT2D eigenvalue weighted by Gasteiger charge is -2.40. The van der Waals surface area contributed by atoms with Gasteiger partial charge in [-0.3, -0.25) is 19.4 Å². The van der Waals surface area contributed by atoms with Gasteiger partial charge in [-0.05, 0) is 54.8 Å². The molecule has 7 nitrogen and oxygen atoms in total. The number of imide groups is 1. The van der Waals surface area contributed by atoms with Crippen LogP contribution in [-0.2, 0) is 9.59 Å². The van der Waals surface area contributed by atoms with Crippen molar-refractivity contribution in [3.8, 4) is 0 Å². The molecule has 2 saturated carbocycles. The monoisotopic (exact) mass is 574 g/mol.